The highest BCUT2D eigenvalue weighted by molar-refractivity contribution is 5.95. The normalized spacial score (nSPS) is 12.7. The summed E-state index contributed by atoms with van der Waals surface area (Å²) in [6.07, 6.45) is 5.49. The Morgan fingerprint density at radius 3 is 2.93 bits per heavy atom. The smallest absolute Gasteiger partial charge is 0.166 e. The minimum atomic E-state index is 0.155. The van der Waals surface area contributed by atoms with E-state index in [4.69, 9.17) is 10.2 Å². The molecule has 1 aromatic rings. The Hall–Kier alpha value is -1.09. The fourth-order valence-electron chi connectivity index (χ4n) is 1.37. The lowest BCUT2D eigenvalue weighted by atomic mass is 9.99. The van der Waals surface area contributed by atoms with Crippen molar-refractivity contribution in [1.29, 1.82) is 0 Å². The molecule has 0 radical (unpaired) electrons. The molecular weight excluding hydrogens is 178 g/mol. The molecule has 2 N–H and O–H groups in total. The van der Waals surface area contributed by atoms with Gasteiger partial charge in [0.2, 0.25) is 0 Å². The molecule has 14 heavy (non-hydrogen) atoms. The highest BCUT2D eigenvalue weighted by atomic mass is 16.3. The van der Waals surface area contributed by atoms with Crippen molar-refractivity contribution in [2.75, 3.05) is 6.54 Å². The van der Waals surface area contributed by atoms with Crippen molar-refractivity contribution in [2.45, 2.75) is 26.2 Å². The molecule has 0 saturated heterocycles. The van der Waals surface area contributed by atoms with Crippen molar-refractivity contribution in [3.05, 3.63) is 24.2 Å². The molecule has 0 saturated carbocycles. The quantitative estimate of drug-likeness (QED) is 0.708. The molecule has 0 amide bonds. The summed E-state index contributed by atoms with van der Waals surface area (Å²) >= 11 is 0. The second-order valence-electron chi connectivity index (χ2n) is 3.66. The number of rotatable bonds is 6. The number of carbonyl (C=O) groups excluding carboxylic acids is 1. The van der Waals surface area contributed by atoms with Crippen LogP contribution in [0.5, 0.6) is 0 Å². The SMILES string of the molecule is CC(CCN)CCC(=O)c1ccoc1. The zero-order chi connectivity index (χ0) is 10.4. The third-order valence-electron chi connectivity index (χ3n) is 2.37. The Morgan fingerprint density at radius 1 is 1.57 bits per heavy atom. The van der Waals surface area contributed by atoms with E-state index >= 15 is 0 Å². The van der Waals surface area contributed by atoms with Crippen LogP contribution >= 0.6 is 0 Å². The first kappa shape index (κ1) is 11.0. The van der Waals surface area contributed by atoms with Gasteiger partial charge in [-0.3, -0.25) is 4.79 Å². The van der Waals surface area contributed by atoms with E-state index in [9.17, 15) is 4.79 Å². The van der Waals surface area contributed by atoms with E-state index in [1.165, 1.54) is 12.5 Å². The van der Waals surface area contributed by atoms with Crippen LogP contribution in [0.25, 0.3) is 0 Å². The highest BCUT2D eigenvalue weighted by Crippen LogP contribution is 2.13. The molecule has 3 heteroatoms. The Bertz CT molecular complexity index is 267. The van der Waals surface area contributed by atoms with Crippen LogP contribution in [0.3, 0.4) is 0 Å². The molecule has 0 aliphatic carbocycles. The van der Waals surface area contributed by atoms with Crippen LogP contribution < -0.4 is 5.73 Å². The molecular formula is C11H17NO2. The third-order valence-corrected chi connectivity index (χ3v) is 2.37. The first-order valence-corrected chi connectivity index (χ1v) is 4.99. The highest BCUT2D eigenvalue weighted by Gasteiger charge is 2.09. The maximum atomic E-state index is 11.5. The second kappa shape index (κ2) is 5.60. The van der Waals surface area contributed by atoms with Crippen molar-refractivity contribution in [1.82, 2.24) is 0 Å². The van der Waals surface area contributed by atoms with E-state index in [0.29, 0.717) is 24.4 Å². The van der Waals surface area contributed by atoms with Crippen molar-refractivity contribution in [3.63, 3.8) is 0 Å². The van der Waals surface area contributed by atoms with Crippen LogP contribution in [0.4, 0.5) is 0 Å². The van der Waals surface area contributed by atoms with Crippen LogP contribution in [0, 0.1) is 5.92 Å². The molecule has 0 aliphatic rings. The van der Waals surface area contributed by atoms with Gasteiger partial charge < -0.3 is 10.2 Å². The van der Waals surface area contributed by atoms with Crippen LogP contribution in [-0.2, 0) is 0 Å². The molecule has 0 spiro atoms. The molecule has 3 nitrogen and oxygen atoms in total. The second-order valence-corrected chi connectivity index (χ2v) is 3.66. The van der Waals surface area contributed by atoms with E-state index < -0.39 is 0 Å². The summed E-state index contributed by atoms with van der Waals surface area (Å²) in [6.45, 7) is 2.82. The molecule has 1 heterocycles. The van der Waals surface area contributed by atoms with Crippen LogP contribution in [-0.4, -0.2) is 12.3 Å². The number of Topliss-reactive ketones (excluding diaryl/α,β-unsaturated/α-hetero) is 1. The fraction of sp³-hybridized carbons (Fsp3) is 0.545. The van der Waals surface area contributed by atoms with Gasteiger partial charge in [0.05, 0.1) is 11.8 Å². The van der Waals surface area contributed by atoms with Gasteiger partial charge in [-0.25, -0.2) is 0 Å². The van der Waals surface area contributed by atoms with Gasteiger partial charge in [-0.2, -0.15) is 0 Å². The van der Waals surface area contributed by atoms with Crippen LogP contribution in [0.1, 0.15) is 36.5 Å². The minimum absolute atomic E-state index is 0.155. The van der Waals surface area contributed by atoms with Gasteiger partial charge in [0, 0.05) is 6.42 Å². The van der Waals surface area contributed by atoms with E-state index in [1.54, 1.807) is 6.07 Å². The largest absolute Gasteiger partial charge is 0.472 e. The molecule has 0 bridgehead atoms. The van der Waals surface area contributed by atoms with E-state index in [1.807, 2.05) is 0 Å². The average Bonchev–Trinajstić information content (AvgIpc) is 2.67. The predicted octanol–water partition coefficient (Wildman–Crippen LogP) is 2.23. The Kier molecular flexibility index (Phi) is 4.40. The fourth-order valence-corrected chi connectivity index (χ4v) is 1.37. The van der Waals surface area contributed by atoms with Crippen molar-refractivity contribution < 1.29 is 9.21 Å². The predicted molar refractivity (Wildman–Crippen MR) is 55.1 cm³/mol. The van der Waals surface area contributed by atoms with Crippen LogP contribution in [0.15, 0.2) is 23.0 Å². The maximum absolute atomic E-state index is 11.5. The van der Waals surface area contributed by atoms with Gasteiger partial charge >= 0.3 is 0 Å². The number of hydrogen-bond acceptors (Lipinski definition) is 3. The summed E-state index contributed by atoms with van der Waals surface area (Å²) in [7, 11) is 0. The zero-order valence-corrected chi connectivity index (χ0v) is 8.53. The summed E-state index contributed by atoms with van der Waals surface area (Å²) in [4.78, 5) is 11.5. The number of ketones is 1. The van der Waals surface area contributed by atoms with E-state index in [2.05, 4.69) is 6.92 Å². The number of carbonyl (C=O) groups is 1. The first-order valence-electron chi connectivity index (χ1n) is 4.99. The average molecular weight is 195 g/mol. The van der Waals surface area contributed by atoms with Gasteiger partial charge in [0.15, 0.2) is 5.78 Å². The molecule has 1 rings (SSSR count). The Balaban J connectivity index is 2.28. The van der Waals surface area contributed by atoms with Gasteiger partial charge in [-0.1, -0.05) is 6.92 Å². The number of nitrogens with two attached hydrogens (primary N) is 1. The van der Waals surface area contributed by atoms with Crippen LogP contribution in [0.2, 0.25) is 0 Å². The van der Waals surface area contributed by atoms with E-state index in [0.717, 1.165) is 12.8 Å². The Labute approximate surface area is 84.3 Å². The third kappa shape index (κ3) is 3.34. The Morgan fingerprint density at radius 2 is 2.36 bits per heavy atom. The summed E-state index contributed by atoms with van der Waals surface area (Å²) in [5.41, 5.74) is 6.10. The summed E-state index contributed by atoms with van der Waals surface area (Å²) in [6, 6.07) is 1.70. The molecule has 78 valence electrons. The summed E-state index contributed by atoms with van der Waals surface area (Å²) in [5, 5.41) is 0. The number of furan rings is 1. The maximum Gasteiger partial charge on any atom is 0.166 e. The lowest BCUT2D eigenvalue weighted by molar-refractivity contribution is 0.0973. The molecule has 1 atom stereocenters. The van der Waals surface area contributed by atoms with Crippen molar-refractivity contribution in [3.8, 4) is 0 Å². The monoisotopic (exact) mass is 195 g/mol. The van der Waals surface area contributed by atoms with Gasteiger partial charge in [-0.05, 0) is 31.4 Å². The molecule has 1 unspecified atom stereocenters. The summed E-state index contributed by atoms with van der Waals surface area (Å²) < 4.78 is 4.85. The van der Waals surface area contributed by atoms with E-state index in [-0.39, 0.29) is 5.78 Å². The molecule has 0 fully saturated rings. The van der Waals surface area contributed by atoms with Gasteiger partial charge in [0.25, 0.3) is 0 Å². The molecule has 0 aromatic carbocycles. The van der Waals surface area contributed by atoms with Gasteiger partial charge in [0.1, 0.15) is 6.26 Å². The molecule has 0 aliphatic heterocycles. The zero-order valence-electron chi connectivity index (χ0n) is 8.53. The van der Waals surface area contributed by atoms with Gasteiger partial charge in [-0.15, -0.1) is 0 Å². The lowest BCUT2D eigenvalue weighted by Crippen LogP contribution is -2.07. The number of hydrogen-bond donors (Lipinski definition) is 1. The minimum Gasteiger partial charge on any atom is -0.472 e. The van der Waals surface area contributed by atoms with Crippen molar-refractivity contribution >= 4 is 5.78 Å². The lowest BCUT2D eigenvalue weighted by Gasteiger charge is -2.07. The topological polar surface area (TPSA) is 56.2 Å². The summed E-state index contributed by atoms with van der Waals surface area (Å²) in [5.74, 6) is 0.679. The first-order chi connectivity index (χ1) is 6.74. The van der Waals surface area contributed by atoms with Crippen molar-refractivity contribution in [2.24, 2.45) is 11.7 Å². The molecule has 1 aromatic heterocycles. The standard InChI is InChI=1S/C11H17NO2/c1-9(4-6-12)2-3-11(13)10-5-7-14-8-10/h5,7-9H,2-4,6,12H2,1H3.